The molecule has 0 saturated heterocycles. The highest BCUT2D eigenvalue weighted by Crippen LogP contribution is 2.16. The zero-order chi connectivity index (χ0) is 24.8. The lowest BCUT2D eigenvalue weighted by molar-refractivity contribution is -0.137. The Bertz CT molecular complexity index is 386. The zero-order valence-corrected chi connectivity index (χ0v) is 24.5. The average Bonchev–Trinajstić information content (AvgIpc) is 2.83. The Kier molecular flexibility index (Phi) is 30.9. The van der Waals surface area contributed by atoms with Crippen molar-refractivity contribution >= 4 is 21.9 Å². The van der Waals surface area contributed by atoms with Crippen LogP contribution in [0.15, 0.2) is 0 Å². The van der Waals surface area contributed by atoms with Gasteiger partial charge in [0.1, 0.15) is 0 Å². The topological polar surface area (TPSA) is 37.3 Å². The lowest BCUT2D eigenvalue weighted by atomic mass is 10.0. The molecule has 0 aliphatic heterocycles. The first-order valence-corrected chi connectivity index (χ1v) is 16.7. The van der Waals surface area contributed by atoms with Crippen LogP contribution in [0.4, 0.5) is 0 Å². The van der Waals surface area contributed by atoms with Crippen molar-refractivity contribution in [3.63, 3.8) is 0 Å². The van der Waals surface area contributed by atoms with E-state index in [1.807, 2.05) is 0 Å². The van der Waals surface area contributed by atoms with Crippen molar-refractivity contribution in [2.45, 2.75) is 186 Å². The van der Waals surface area contributed by atoms with Crippen molar-refractivity contribution in [1.29, 1.82) is 0 Å². The van der Waals surface area contributed by atoms with Gasteiger partial charge in [-0.2, -0.15) is 0 Å². The molecule has 0 spiro atoms. The van der Waals surface area contributed by atoms with Crippen LogP contribution >= 0.6 is 15.9 Å². The molecule has 0 aliphatic rings. The van der Waals surface area contributed by atoms with Gasteiger partial charge in [-0.3, -0.25) is 4.79 Å². The summed E-state index contributed by atoms with van der Waals surface area (Å²) in [6.45, 7) is 0. The van der Waals surface area contributed by atoms with Gasteiger partial charge >= 0.3 is 5.97 Å². The highest BCUT2D eigenvalue weighted by Gasteiger charge is 1.98. The lowest BCUT2D eigenvalue weighted by Crippen LogP contribution is -1.93. The van der Waals surface area contributed by atoms with Crippen LogP contribution in [0.2, 0.25) is 0 Å². The molecule has 0 bridgehead atoms. The maximum absolute atomic E-state index is 10.5. The number of carbonyl (C=O) groups is 1. The Morgan fingerprint density at radius 3 is 0.706 bits per heavy atom. The molecule has 204 valence electrons. The van der Waals surface area contributed by atoms with Crippen LogP contribution < -0.4 is 0 Å². The van der Waals surface area contributed by atoms with E-state index < -0.39 is 5.97 Å². The van der Waals surface area contributed by atoms with Gasteiger partial charge in [0.2, 0.25) is 0 Å². The van der Waals surface area contributed by atoms with E-state index in [1.165, 1.54) is 172 Å². The van der Waals surface area contributed by atoms with Gasteiger partial charge in [0.15, 0.2) is 0 Å². The highest BCUT2D eigenvalue weighted by molar-refractivity contribution is 9.09. The number of hydrogen-bond acceptors (Lipinski definition) is 1. The minimum Gasteiger partial charge on any atom is -0.481 e. The Morgan fingerprint density at radius 2 is 0.529 bits per heavy atom. The first-order valence-electron chi connectivity index (χ1n) is 15.5. The molecule has 0 aromatic rings. The fraction of sp³-hybridized carbons (Fsp3) is 0.968. The zero-order valence-electron chi connectivity index (χ0n) is 22.9. The molecule has 0 aromatic heterocycles. The Labute approximate surface area is 223 Å². The summed E-state index contributed by atoms with van der Waals surface area (Å²) in [5.74, 6) is -0.649. The second kappa shape index (κ2) is 31.0. The van der Waals surface area contributed by atoms with Crippen LogP contribution in [0.25, 0.3) is 0 Å². The van der Waals surface area contributed by atoms with Gasteiger partial charge in [0, 0.05) is 11.8 Å². The van der Waals surface area contributed by atoms with Gasteiger partial charge < -0.3 is 5.11 Å². The molecule has 3 heteroatoms. The Balaban J connectivity index is 3.01. The van der Waals surface area contributed by atoms with Gasteiger partial charge in [0.05, 0.1) is 0 Å². The molecule has 0 fully saturated rings. The van der Waals surface area contributed by atoms with Crippen molar-refractivity contribution in [3.05, 3.63) is 0 Å². The standard InChI is InChI=1S/C31H61BrO2/c32-30-28-26-24-22-20-18-16-14-12-10-8-6-4-2-1-3-5-7-9-11-13-15-17-19-21-23-25-27-29-31(33)34/h1-30H2,(H,33,34). The van der Waals surface area contributed by atoms with Crippen LogP contribution in [0.3, 0.4) is 0 Å². The SMILES string of the molecule is O=C(O)CCCCCCCCCCCCCCCCCCCCCCCCCCCCCCBr. The van der Waals surface area contributed by atoms with Gasteiger partial charge in [-0.1, -0.05) is 183 Å². The van der Waals surface area contributed by atoms with E-state index in [0.29, 0.717) is 6.42 Å². The fourth-order valence-electron chi connectivity index (χ4n) is 4.97. The molecule has 2 nitrogen and oxygen atoms in total. The summed E-state index contributed by atoms with van der Waals surface area (Å²) in [5, 5.41) is 9.79. The molecule has 34 heavy (non-hydrogen) atoms. The number of rotatable bonds is 30. The third kappa shape index (κ3) is 32.0. The van der Waals surface area contributed by atoms with Crippen LogP contribution in [0.1, 0.15) is 186 Å². The molecular formula is C31H61BrO2. The van der Waals surface area contributed by atoms with E-state index in [1.54, 1.807) is 0 Å². The van der Waals surface area contributed by atoms with E-state index in [-0.39, 0.29) is 0 Å². The van der Waals surface area contributed by atoms with Crippen LogP contribution in [0, 0.1) is 0 Å². The molecule has 0 aliphatic carbocycles. The monoisotopic (exact) mass is 544 g/mol. The molecule has 0 rings (SSSR count). The molecule has 0 saturated carbocycles. The molecule has 0 unspecified atom stereocenters. The normalized spacial score (nSPS) is 11.3. The van der Waals surface area contributed by atoms with E-state index in [2.05, 4.69) is 15.9 Å². The Morgan fingerprint density at radius 1 is 0.353 bits per heavy atom. The third-order valence-corrected chi connectivity index (χ3v) is 7.84. The summed E-state index contributed by atoms with van der Waals surface area (Å²) in [6, 6.07) is 0. The number of alkyl halides is 1. The average molecular weight is 546 g/mol. The number of halogens is 1. The van der Waals surface area contributed by atoms with Crippen molar-refractivity contribution in [3.8, 4) is 0 Å². The van der Waals surface area contributed by atoms with E-state index in [0.717, 1.165) is 12.8 Å². The second-order valence-corrected chi connectivity index (χ2v) is 11.5. The van der Waals surface area contributed by atoms with Crippen LogP contribution in [-0.2, 0) is 4.79 Å². The molecule has 0 radical (unpaired) electrons. The van der Waals surface area contributed by atoms with Gasteiger partial charge in [-0.25, -0.2) is 0 Å². The summed E-state index contributed by atoms with van der Waals surface area (Å²) in [5.41, 5.74) is 0. The number of carboxylic acid groups (broad SMARTS) is 1. The van der Waals surface area contributed by atoms with Crippen LogP contribution in [0.5, 0.6) is 0 Å². The van der Waals surface area contributed by atoms with Crippen molar-refractivity contribution in [1.82, 2.24) is 0 Å². The second-order valence-electron chi connectivity index (χ2n) is 10.7. The fourth-order valence-corrected chi connectivity index (χ4v) is 5.36. The van der Waals surface area contributed by atoms with Crippen molar-refractivity contribution in [2.24, 2.45) is 0 Å². The number of aliphatic carboxylic acids is 1. The van der Waals surface area contributed by atoms with Gasteiger partial charge in [-0.15, -0.1) is 0 Å². The van der Waals surface area contributed by atoms with Gasteiger partial charge in [0.25, 0.3) is 0 Å². The first-order chi connectivity index (χ1) is 16.8. The molecule has 0 heterocycles. The predicted molar refractivity (Wildman–Crippen MR) is 155 cm³/mol. The Hall–Kier alpha value is -0.0500. The summed E-state index contributed by atoms with van der Waals surface area (Å²) >= 11 is 3.51. The van der Waals surface area contributed by atoms with Crippen molar-refractivity contribution in [2.75, 3.05) is 5.33 Å². The maximum atomic E-state index is 10.5. The molecule has 1 N–H and O–H groups in total. The maximum Gasteiger partial charge on any atom is 0.303 e. The minimum atomic E-state index is -0.649. The first kappa shape index (κ1) is 34.0. The highest BCUT2D eigenvalue weighted by atomic mass is 79.9. The predicted octanol–water partition coefficient (Wildman–Crippen LogP) is 11.8. The number of carboxylic acids is 1. The summed E-state index contributed by atoms with van der Waals surface area (Å²) in [7, 11) is 0. The third-order valence-electron chi connectivity index (χ3n) is 7.27. The van der Waals surface area contributed by atoms with Crippen LogP contribution in [-0.4, -0.2) is 16.4 Å². The molecule has 0 aromatic carbocycles. The van der Waals surface area contributed by atoms with Gasteiger partial charge in [-0.05, 0) is 12.8 Å². The lowest BCUT2D eigenvalue weighted by Gasteiger charge is -2.04. The van der Waals surface area contributed by atoms with E-state index in [9.17, 15) is 4.79 Å². The molecular weight excluding hydrogens is 484 g/mol. The molecule has 0 atom stereocenters. The molecule has 0 amide bonds. The summed E-state index contributed by atoms with van der Waals surface area (Å²) in [6.07, 6.45) is 39.3. The van der Waals surface area contributed by atoms with E-state index in [4.69, 9.17) is 5.11 Å². The largest absolute Gasteiger partial charge is 0.481 e. The number of hydrogen-bond donors (Lipinski definition) is 1. The minimum absolute atomic E-state index is 0.346. The quantitative estimate of drug-likeness (QED) is 0.0720. The summed E-state index contributed by atoms with van der Waals surface area (Å²) < 4.78 is 0. The summed E-state index contributed by atoms with van der Waals surface area (Å²) in [4.78, 5) is 10.5. The number of unbranched alkanes of at least 4 members (excludes halogenated alkanes) is 27. The van der Waals surface area contributed by atoms with Crippen molar-refractivity contribution < 1.29 is 9.90 Å². The van der Waals surface area contributed by atoms with E-state index >= 15 is 0 Å². The smallest absolute Gasteiger partial charge is 0.303 e.